The van der Waals surface area contributed by atoms with E-state index in [9.17, 15) is 0 Å². The Hall–Kier alpha value is -1.06. The molecule has 18 heavy (non-hydrogen) atoms. The second kappa shape index (κ2) is 6.21. The van der Waals surface area contributed by atoms with Crippen LogP contribution >= 0.6 is 0 Å². The summed E-state index contributed by atoms with van der Waals surface area (Å²) in [4.78, 5) is 2.53. The van der Waals surface area contributed by atoms with Crippen molar-refractivity contribution >= 4 is 0 Å². The fourth-order valence-corrected chi connectivity index (χ4v) is 3.11. The van der Waals surface area contributed by atoms with Crippen LogP contribution in [-0.2, 0) is 0 Å². The van der Waals surface area contributed by atoms with Gasteiger partial charge in [-0.05, 0) is 44.5 Å². The molecule has 0 aromatic heterocycles. The lowest BCUT2D eigenvalue weighted by molar-refractivity contribution is 0.0998. The number of hydrogen-bond acceptors (Lipinski definition) is 3. The van der Waals surface area contributed by atoms with Crippen LogP contribution in [0.25, 0.3) is 0 Å². The quantitative estimate of drug-likeness (QED) is 0.889. The van der Waals surface area contributed by atoms with Crippen LogP contribution in [0.15, 0.2) is 24.3 Å². The zero-order chi connectivity index (χ0) is 13.0. The molecular formula is C15H24N2O. The summed E-state index contributed by atoms with van der Waals surface area (Å²) in [7, 11) is 1.75. The van der Waals surface area contributed by atoms with Gasteiger partial charge < -0.3 is 10.5 Å². The number of likely N-dealkylation sites (tertiary alicyclic amines) is 1. The van der Waals surface area contributed by atoms with Gasteiger partial charge in [-0.3, -0.25) is 4.90 Å². The molecule has 0 spiro atoms. The van der Waals surface area contributed by atoms with Gasteiger partial charge in [0.1, 0.15) is 5.75 Å². The van der Waals surface area contributed by atoms with Gasteiger partial charge in [-0.1, -0.05) is 25.1 Å². The Morgan fingerprint density at radius 3 is 2.83 bits per heavy atom. The van der Waals surface area contributed by atoms with Gasteiger partial charge in [0.2, 0.25) is 0 Å². The minimum Gasteiger partial charge on any atom is -0.496 e. The van der Waals surface area contributed by atoms with Crippen molar-refractivity contribution in [3.8, 4) is 5.75 Å². The van der Waals surface area contributed by atoms with Gasteiger partial charge in [-0.15, -0.1) is 0 Å². The Kier molecular flexibility index (Phi) is 4.61. The Bertz CT molecular complexity index is 369. The molecule has 2 unspecified atom stereocenters. The standard InChI is InChI=1S/C15H24N2O/c1-3-17-10-6-7-12(11-16)15(17)13-8-4-5-9-14(13)18-2/h4-5,8-9,12,15H,3,6-7,10-11,16H2,1-2H3. The summed E-state index contributed by atoms with van der Waals surface area (Å²) in [5.41, 5.74) is 7.26. The van der Waals surface area contributed by atoms with Crippen molar-refractivity contribution in [3.05, 3.63) is 29.8 Å². The molecule has 1 saturated heterocycles. The lowest BCUT2D eigenvalue weighted by atomic mass is 9.84. The molecule has 2 atom stereocenters. The monoisotopic (exact) mass is 248 g/mol. The first-order valence-electron chi connectivity index (χ1n) is 6.88. The molecule has 100 valence electrons. The first-order valence-corrected chi connectivity index (χ1v) is 6.88. The third kappa shape index (κ3) is 2.52. The highest BCUT2D eigenvalue weighted by molar-refractivity contribution is 5.36. The maximum absolute atomic E-state index is 5.97. The van der Waals surface area contributed by atoms with E-state index in [1.807, 2.05) is 12.1 Å². The summed E-state index contributed by atoms with van der Waals surface area (Å²) >= 11 is 0. The maximum Gasteiger partial charge on any atom is 0.123 e. The highest BCUT2D eigenvalue weighted by Gasteiger charge is 2.32. The van der Waals surface area contributed by atoms with Crippen LogP contribution in [0.4, 0.5) is 0 Å². The fourth-order valence-electron chi connectivity index (χ4n) is 3.11. The Labute approximate surface area is 110 Å². The van der Waals surface area contributed by atoms with Crippen molar-refractivity contribution in [2.24, 2.45) is 11.7 Å². The van der Waals surface area contributed by atoms with Crippen LogP contribution in [0.2, 0.25) is 0 Å². The average Bonchev–Trinajstić information content (AvgIpc) is 2.46. The van der Waals surface area contributed by atoms with E-state index in [0.29, 0.717) is 12.0 Å². The second-order valence-corrected chi connectivity index (χ2v) is 4.95. The van der Waals surface area contributed by atoms with Gasteiger partial charge in [0.15, 0.2) is 0 Å². The SMILES string of the molecule is CCN1CCCC(CN)C1c1ccccc1OC. The van der Waals surface area contributed by atoms with Crippen LogP contribution in [0.3, 0.4) is 0 Å². The van der Waals surface area contributed by atoms with Crippen molar-refractivity contribution in [1.82, 2.24) is 4.90 Å². The smallest absolute Gasteiger partial charge is 0.123 e. The molecule has 1 aliphatic heterocycles. The molecule has 1 aromatic rings. The van der Waals surface area contributed by atoms with E-state index in [0.717, 1.165) is 25.4 Å². The molecule has 2 N–H and O–H groups in total. The molecular weight excluding hydrogens is 224 g/mol. The van der Waals surface area contributed by atoms with Crippen molar-refractivity contribution in [2.45, 2.75) is 25.8 Å². The molecule has 1 aromatic carbocycles. The van der Waals surface area contributed by atoms with Crippen LogP contribution in [0.5, 0.6) is 5.75 Å². The molecule has 1 heterocycles. The number of benzene rings is 1. The van der Waals surface area contributed by atoms with E-state index in [1.54, 1.807) is 7.11 Å². The first-order chi connectivity index (χ1) is 8.81. The Morgan fingerprint density at radius 2 is 2.17 bits per heavy atom. The van der Waals surface area contributed by atoms with Crippen LogP contribution < -0.4 is 10.5 Å². The number of nitrogens with two attached hydrogens (primary N) is 1. The number of para-hydroxylation sites is 1. The van der Waals surface area contributed by atoms with Crippen molar-refractivity contribution in [1.29, 1.82) is 0 Å². The van der Waals surface area contributed by atoms with Gasteiger partial charge in [0.25, 0.3) is 0 Å². The second-order valence-electron chi connectivity index (χ2n) is 4.95. The molecule has 0 aliphatic carbocycles. The summed E-state index contributed by atoms with van der Waals surface area (Å²) in [5, 5.41) is 0. The number of methoxy groups -OCH3 is 1. The molecule has 0 radical (unpaired) electrons. The number of ether oxygens (including phenoxy) is 1. The van der Waals surface area contributed by atoms with E-state index >= 15 is 0 Å². The Balaban J connectivity index is 2.36. The molecule has 0 amide bonds. The van der Waals surface area contributed by atoms with Crippen molar-refractivity contribution < 1.29 is 4.74 Å². The molecule has 0 bridgehead atoms. The average molecular weight is 248 g/mol. The first kappa shape index (κ1) is 13.4. The largest absolute Gasteiger partial charge is 0.496 e. The lowest BCUT2D eigenvalue weighted by Gasteiger charge is -2.41. The van der Waals surface area contributed by atoms with E-state index < -0.39 is 0 Å². The van der Waals surface area contributed by atoms with Crippen LogP contribution in [0, 0.1) is 5.92 Å². The maximum atomic E-state index is 5.97. The molecule has 2 rings (SSSR count). The minimum absolute atomic E-state index is 0.407. The summed E-state index contributed by atoms with van der Waals surface area (Å²) in [6, 6.07) is 8.75. The van der Waals surface area contributed by atoms with E-state index in [-0.39, 0.29) is 0 Å². The molecule has 3 heteroatoms. The predicted octanol–water partition coefficient (Wildman–Crippen LogP) is 2.43. The van der Waals surface area contributed by atoms with Crippen molar-refractivity contribution in [2.75, 3.05) is 26.7 Å². The summed E-state index contributed by atoms with van der Waals surface area (Å²) in [6.07, 6.45) is 2.47. The highest BCUT2D eigenvalue weighted by atomic mass is 16.5. The summed E-state index contributed by atoms with van der Waals surface area (Å²) in [6.45, 7) is 5.20. The predicted molar refractivity (Wildman–Crippen MR) is 74.8 cm³/mol. The minimum atomic E-state index is 0.407. The van der Waals surface area contributed by atoms with Gasteiger partial charge in [-0.25, -0.2) is 0 Å². The summed E-state index contributed by atoms with van der Waals surface area (Å²) in [5.74, 6) is 1.52. The highest BCUT2D eigenvalue weighted by Crippen LogP contribution is 2.39. The zero-order valence-electron chi connectivity index (χ0n) is 11.4. The zero-order valence-corrected chi connectivity index (χ0v) is 11.4. The van der Waals surface area contributed by atoms with E-state index in [2.05, 4.69) is 24.0 Å². The number of hydrogen-bond donors (Lipinski definition) is 1. The fraction of sp³-hybridized carbons (Fsp3) is 0.600. The normalized spacial score (nSPS) is 25.1. The van der Waals surface area contributed by atoms with Gasteiger partial charge in [0, 0.05) is 11.6 Å². The van der Waals surface area contributed by atoms with Gasteiger partial charge >= 0.3 is 0 Å². The van der Waals surface area contributed by atoms with E-state index in [4.69, 9.17) is 10.5 Å². The number of rotatable bonds is 4. The number of nitrogens with zero attached hydrogens (tertiary/aromatic N) is 1. The third-order valence-electron chi connectivity index (χ3n) is 4.03. The Morgan fingerprint density at radius 1 is 1.39 bits per heavy atom. The van der Waals surface area contributed by atoms with Crippen LogP contribution in [0.1, 0.15) is 31.4 Å². The van der Waals surface area contributed by atoms with Gasteiger partial charge in [0.05, 0.1) is 7.11 Å². The third-order valence-corrected chi connectivity index (χ3v) is 4.03. The topological polar surface area (TPSA) is 38.5 Å². The van der Waals surface area contributed by atoms with Crippen molar-refractivity contribution in [3.63, 3.8) is 0 Å². The van der Waals surface area contributed by atoms with E-state index in [1.165, 1.54) is 18.4 Å². The molecule has 3 nitrogen and oxygen atoms in total. The molecule has 1 aliphatic rings. The molecule has 1 fully saturated rings. The lowest BCUT2D eigenvalue weighted by Crippen LogP contribution is -2.41. The van der Waals surface area contributed by atoms with Crippen LogP contribution in [-0.4, -0.2) is 31.6 Å². The number of piperidine rings is 1. The summed E-state index contributed by atoms with van der Waals surface area (Å²) < 4.78 is 5.52. The van der Waals surface area contributed by atoms with Gasteiger partial charge in [-0.2, -0.15) is 0 Å². The molecule has 0 saturated carbocycles.